The van der Waals surface area contributed by atoms with Crippen molar-refractivity contribution in [1.82, 2.24) is 5.32 Å². The molecule has 1 nitrogen and oxygen atoms in total. The van der Waals surface area contributed by atoms with Crippen molar-refractivity contribution in [2.24, 2.45) is 5.92 Å². The first-order valence-corrected chi connectivity index (χ1v) is 6.53. The fourth-order valence-corrected chi connectivity index (χ4v) is 2.80. The van der Waals surface area contributed by atoms with Crippen molar-refractivity contribution in [2.45, 2.75) is 45.6 Å². The first-order chi connectivity index (χ1) is 7.74. The summed E-state index contributed by atoms with van der Waals surface area (Å²) in [4.78, 5) is 0. The van der Waals surface area contributed by atoms with Crippen LogP contribution in [0.25, 0.3) is 0 Å². The third kappa shape index (κ3) is 2.15. The zero-order valence-corrected chi connectivity index (χ0v) is 10.7. The molecule has 0 aromatic heterocycles. The van der Waals surface area contributed by atoms with Crippen LogP contribution in [-0.2, 0) is 0 Å². The van der Waals surface area contributed by atoms with Crippen molar-refractivity contribution in [3.8, 4) is 0 Å². The molecule has 88 valence electrons. The van der Waals surface area contributed by atoms with Gasteiger partial charge in [-0.1, -0.05) is 38.1 Å². The highest BCUT2D eigenvalue weighted by Gasteiger charge is 2.38. The minimum Gasteiger partial charge on any atom is -0.314 e. The van der Waals surface area contributed by atoms with E-state index in [-0.39, 0.29) is 0 Å². The van der Waals surface area contributed by atoms with E-state index in [1.807, 2.05) is 0 Å². The molecule has 1 aromatic rings. The summed E-state index contributed by atoms with van der Waals surface area (Å²) >= 11 is 0. The maximum atomic E-state index is 3.64. The zero-order chi connectivity index (χ0) is 11.5. The highest BCUT2D eigenvalue weighted by atomic mass is 14.9. The molecule has 16 heavy (non-hydrogen) atoms. The number of rotatable bonds is 4. The quantitative estimate of drug-likeness (QED) is 0.814. The molecule has 0 aliphatic heterocycles. The largest absolute Gasteiger partial charge is 0.314 e. The van der Waals surface area contributed by atoms with Gasteiger partial charge in [0.15, 0.2) is 0 Å². The fraction of sp³-hybridized carbons (Fsp3) is 0.600. The Labute approximate surface area is 99.3 Å². The van der Waals surface area contributed by atoms with Crippen molar-refractivity contribution >= 4 is 0 Å². The van der Waals surface area contributed by atoms with Crippen molar-refractivity contribution in [2.75, 3.05) is 6.54 Å². The van der Waals surface area contributed by atoms with Gasteiger partial charge in [0.25, 0.3) is 0 Å². The van der Waals surface area contributed by atoms with Crippen LogP contribution in [0.15, 0.2) is 24.3 Å². The summed E-state index contributed by atoms with van der Waals surface area (Å²) in [6.07, 6.45) is 2.55. The molecule has 1 aliphatic carbocycles. The lowest BCUT2D eigenvalue weighted by molar-refractivity contribution is 0.184. The fourth-order valence-electron chi connectivity index (χ4n) is 2.80. The summed E-state index contributed by atoms with van der Waals surface area (Å²) < 4.78 is 0. The second-order valence-corrected chi connectivity index (χ2v) is 5.12. The number of aryl methyl sites for hydroxylation is 1. The van der Waals surface area contributed by atoms with Crippen LogP contribution in [0.1, 0.15) is 43.7 Å². The number of hydrogen-bond acceptors (Lipinski definition) is 1. The molecule has 0 saturated heterocycles. The Kier molecular flexibility index (Phi) is 3.65. The highest BCUT2D eigenvalue weighted by Crippen LogP contribution is 2.43. The minimum absolute atomic E-state index is 0.740. The lowest BCUT2D eigenvalue weighted by Crippen LogP contribution is -2.48. The number of benzene rings is 1. The van der Waals surface area contributed by atoms with Crippen LogP contribution in [0.5, 0.6) is 0 Å². The van der Waals surface area contributed by atoms with E-state index in [1.54, 1.807) is 5.56 Å². The lowest BCUT2D eigenvalue weighted by Gasteiger charge is -2.44. The number of hydrogen-bond donors (Lipinski definition) is 1. The standard InChI is InChI=1S/C15H23N/c1-4-9-16-15-10-14(12(15)3)13-8-6-5-7-11(13)2/h5-8,12,14-16H,4,9-10H2,1-3H3. The minimum atomic E-state index is 0.740. The van der Waals surface area contributed by atoms with E-state index in [2.05, 4.69) is 50.4 Å². The Bertz CT molecular complexity index is 345. The van der Waals surface area contributed by atoms with Gasteiger partial charge in [0.05, 0.1) is 0 Å². The van der Waals surface area contributed by atoms with Gasteiger partial charge in [-0.05, 0) is 49.3 Å². The van der Waals surface area contributed by atoms with Gasteiger partial charge in [-0.3, -0.25) is 0 Å². The Morgan fingerprint density at radius 3 is 2.69 bits per heavy atom. The van der Waals surface area contributed by atoms with Gasteiger partial charge in [0.2, 0.25) is 0 Å². The normalized spacial score (nSPS) is 28.8. The molecule has 2 rings (SSSR count). The van der Waals surface area contributed by atoms with E-state index in [1.165, 1.54) is 18.4 Å². The van der Waals surface area contributed by atoms with Crippen molar-refractivity contribution in [1.29, 1.82) is 0 Å². The maximum Gasteiger partial charge on any atom is 0.0104 e. The molecule has 0 bridgehead atoms. The third-order valence-electron chi connectivity index (χ3n) is 4.02. The summed E-state index contributed by atoms with van der Waals surface area (Å²) in [6, 6.07) is 9.57. The molecule has 1 heteroatoms. The predicted octanol–water partition coefficient (Wildman–Crippen LogP) is 3.49. The lowest BCUT2D eigenvalue weighted by atomic mass is 9.66. The maximum absolute atomic E-state index is 3.64. The summed E-state index contributed by atoms with van der Waals surface area (Å²) in [5.41, 5.74) is 3.01. The van der Waals surface area contributed by atoms with Crippen LogP contribution in [0, 0.1) is 12.8 Å². The van der Waals surface area contributed by atoms with Crippen LogP contribution in [0.4, 0.5) is 0 Å². The summed E-state index contributed by atoms with van der Waals surface area (Å²) in [6.45, 7) is 8.01. The molecule has 0 radical (unpaired) electrons. The van der Waals surface area contributed by atoms with E-state index in [9.17, 15) is 0 Å². The van der Waals surface area contributed by atoms with E-state index < -0.39 is 0 Å². The molecule has 0 spiro atoms. The average molecular weight is 217 g/mol. The van der Waals surface area contributed by atoms with Gasteiger partial charge >= 0.3 is 0 Å². The van der Waals surface area contributed by atoms with Gasteiger partial charge in [0, 0.05) is 6.04 Å². The smallest absolute Gasteiger partial charge is 0.0104 e. The van der Waals surface area contributed by atoms with E-state index in [0.29, 0.717) is 0 Å². The third-order valence-corrected chi connectivity index (χ3v) is 4.02. The molecule has 3 atom stereocenters. The van der Waals surface area contributed by atoms with Crippen LogP contribution < -0.4 is 5.32 Å². The van der Waals surface area contributed by atoms with Crippen molar-refractivity contribution in [3.05, 3.63) is 35.4 Å². The Morgan fingerprint density at radius 2 is 2.06 bits per heavy atom. The van der Waals surface area contributed by atoms with E-state index in [4.69, 9.17) is 0 Å². The summed E-state index contributed by atoms with van der Waals surface area (Å²) in [5.74, 6) is 1.56. The van der Waals surface area contributed by atoms with Gasteiger partial charge in [-0.2, -0.15) is 0 Å². The number of nitrogens with one attached hydrogen (secondary N) is 1. The van der Waals surface area contributed by atoms with E-state index in [0.717, 1.165) is 24.4 Å². The van der Waals surface area contributed by atoms with Gasteiger partial charge < -0.3 is 5.32 Å². The molecule has 1 fully saturated rings. The van der Waals surface area contributed by atoms with Crippen LogP contribution in [-0.4, -0.2) is 12.6 Å². The molecule has 1 aromatic carbocycles. The van der Waals surface area contributed by atoms with Crippen LogP contribution in [0.2, 0.25) is 0 Å². The molecular formula is C15H23N. The highest BCUT2D eigenvalue weighted by molar-refractivity contribution is 5.32. The molecule has 3 unspecified atom stereocenters. The Morgan fingerprint density at radius 1 is 1.31 bits per heavy atom. The van der Waals surface area contributed by atoms with Gasteiger partial charge in [-0.15, -0.1) is 0 Å². The van der Waals surface area contributed by atoms with E-state index >= 15 is 0 Å². The topological polar surface area (TPSA) is 12.0 Å². The van der Waals surface area contributed by atoms with Gasteiger partial charge in [-0.25, -0.2) is 0 Å². The van der Waals surface area contributed by atoms with Crippen LogP contribution >= 0.6 is 0 Å². The first kappa shape index (κ1) is 11.7. The zero-order valence-electron chi connectivity index (χ0n) is 10.7. The average Bonchev–Trinajstić information content (AvgIpc) is 2.29. The molecule has 0 amide bonds. The molecule has 0 heterocycles. The second-order valence-electron chi connectivity index (χ2n) is 5.12. The van der Waals surface area contributed by atoms with Crippen molar-refractivity contribution < 1.29 is 0 Å². The Hall–Kier alpha value is -0.820. The molecule has 1 N–H and O–H groups in total. The monoisotopic (exact) mass is 217 g/mol. The van der Waals surface area contributed by atoms with Crippen LogP contribution in [0.3, 0.4) is 0 Å². The van der Waals surface area contributed by atoms with Gasteiger partial charge in [0.1, 0.15) is 0 Å². The first-order valence-electron chi connectivity index (χ1n) is 6.53. The molecular weight excluding hydrogens is 194 g/mol. The summed E-state index contributed by atoms with van der Waals surface area (Å²) in [7, 11) is 0. The second kappa shape index (κ2) is 5.01. The predicted molar refractivity (Wildman–Crippen MR) is 69.8 cm³/mol. The SMILES string of the molecule is CCCNC1CC(c2ccccc2C)C1C. The van der Waals surface area contributed by atoms with Crippen molar-refractivity contribution in [3.63, 3.8) is 0 Å². The molecule has 1 aliphatic rings. The summed E-state index contributed by atoms with van der Waals surface area (Å²) in [5, 5.41) is 3.64. The Balaban J connectivity index is 1.97. The molecule has 1 saturated carbocycles.